The summed E-state index contributed by atoms with van der Waals surface area (Å²) in [5, 5.41) is 11.1. The van der Waals surface area contributed by atoms with Gasteiger partial charge in [-0.05, 0) is 31.4 Å². The number of hydrogen-bond donors (Lipinski definition) is 0. The van der Waals surface area contributed by atoms with Crippen LogP contribution in [-0.2, 0) is 0 Å². The van der Waals surface area contributed by atoms with Gasteiger partial charge in [-0.2, -0.15) is 0 Å². The summed E-state index contributed by atoms with van der Waals surface area (Å²) in [6.07, 6.45) is 0.960. The van der Waals surface area contributed by atoms with E-state index in [2.05, 4.69) is 13.8 Å². The summed E-state index contributed by atoms with van der Waals surface area (Å²) in [5.74, 6) is 0.373. The minimum atomic E-state index is -0.437. The summed E-state index contributed by atoms with van der Waals surface area (Å²) in [5.41, 5.74) is 0.905. The first-order valence-corrected chi connectivity index (χ1v) is 6.33. The highest BCUT2D eigenvalue weighted by molar-refractivity contribution is 5.95. The predicted octanol–water partition coefficient (Wildman–Crippen LogP) is 3.28. The summed E-state index contributed by atoms with van der Waals surface area (Å²) in [6, 6.07) is 4.63. The van der Waals surface area contributed by atoms with Gasteiger partial charge >= 0.3 is 0 Å². The van der Waals surface area contributed by atoms with Gasteiger partial charge in [-0.25, -0.2) is 0 Å². The number of hydrogen-bond acceptors (Lipinski definition) is 4. The zero-order valence-corrected chi connectivity index (χ0v) is 11.8. The van der Waals surface area contributed by atoms with E-state index in [-0.39, 0.29) is 11.5 Å². The summed E-state index contributed by atoms with van der Waals surface area (Å²) in [7, 11) is 1.83. The first-order chi connectivity index (χ1) is 8.82. The fourth-order valence-corrected chi connectivity index (χ4v) is 1.78. The summed E-state index contributed by atoms with van der Waals surface area (Å²) in [4.78, 5) is 23.8. The van der Waals surface area contributed by atoms with Crippen LogP contribution < -0.4 is 4.90 Å². The Bertz CT molecular complexity index is 484. The van der Waals surface area contributed by atoms with Crippen LogP contribution in [0, 0.1) is 16.0 Å². The molecule has 19 heavy (non-hydrogen) atoms. The minimum Gasteiger partial charge on any atom is -0.369 e. The SMILES string of the molecule is CC(=O)c1ccc(N(C)CCC(C)C)c([N+](=O)[O-])c1. The smallest absolute Gasteiger partial charge is 0.293 e. The molecule has 0 fully saturated rings. The molecule has 5 nitrogen and oxygen atoms in total. The number of carbonyl (C=O) groups is 1. The molecule has 1 aromatic carbocycles. The fourth-order valence-electron chi connectivity index (χ4n) is 1.78. The third-order valence-corrected chi connectivity index (χ3v) is 3.03. The molecular formula is C14H20N2O3. The van der Waals surface area contributed by atoms with Gasteiger partial charge in [-0.1, -0.05) is 13.8 Å². The van der Waals surface area contributed by atoms with E-state index < -0.39 is 4.92 Å². The van der Waals surface area contributed by atoms with E-state index in [0.717, 1.165) is 13.0 Å². The summed E-state index contributed by atoms with van der Waals surface area (Å²) in [6.45, 7) is 6.38. The number of nitro benzene ring substituents is 1. The van der Waals surface area contributed by atoms with Crippen LogP contribution in [0.5, 0.6) is 0 Å². The second-order valence-electron chi connectivity index (χ2n) is 5.12. The molecule has 0 aliphatic rings. The second-order valence-corrected chi connectivity index (χ2v) is 5.12. The molecule has 0 N–H and O–H groups in total. The molecule has 0 aliphatic carbocycles. The summed E-state index contributed by atoms with van der Waals surface area (Å²) >= 11 is 0. The number of anilines is 1. The third-order valence-electron chi connectivity index (χ3n) is 3.03. The zero-order valence-electron chi connectivity index (χ0n) is 11.8. The first kappa shape index (κ1) is 15.1. The van der Waals surface area contributed by atoms with Gasteiger partial charge in [0.05, 0.1) is 4.92 Å². The van der Waals surface area contributed by atoms with Crippen LogP contribution in [-0.4, -0.2) is 24.3 Å². The molecule has 1 aromatic rings. The van der Waals surface area contributed by atoms with Crippen LogP contribution >= 0.6 is 0 Å². The molecule has 1 rings (SSSR count). The van der Waals surface area contributed by atoms with Gasteiger partial charge in [0.15, 0.2) is 5.78 Å². The zero-order chi connectivity index (χ0) is 14.6. The van der Waals surface area contributed by atoms with Gasteiger partial charge in [-0.15, -0.1) is 0 Å². The lowest BCUT2D eigenvalue weighted by Gasteiger charge is -2.20. The number of ketones is 1. The van der Waals surface area contributed by atoms with E-state index in [4.69, 9.17) is 0 Å². The number of rotatable bonds is 6. The van der Waals surface area contributed by atoms with Crippen molar-refractivity contribution in [3.05, 3.63) is 33.9 Å². The quantitative estimate of drug-likeness (QED) is 0.449. The largest absolute Gasteiger partial charge is 0.369 e. The molecular weight excluding hydrogens is 244 g/mol. The number of nitro groups is 1. The van der Waals surface area contributed by atoms with Crippen LogP contribution in [0.15, 0.2) is 18.2 Å². The minimum absolute atomic E-state index is 0.0149. The van der Waals surface area contributed by atoms with E-state index in [1.54, 1.807) is 12.1 Å². The van der Waals surface area contributed by atoms with Crippen LogP contribution in [0.3, 0.4) is 0 Å². The van der Waals surface area contributed by atoms with Crippen molar-refractivity contribution in [2.24, 2.45) is 5.92 Å². The highest BCUT2D eigenvalue weighted by Crippen LogP contribution is 2.29. The van der Waals surface area contributed by atoms with Crippen LogP contribution in [0.2, 0.25) is 0 Å². The van der Waals surface area contributed by atoms with Gasteiger partial charge < -0.3 is 4.90 Å². The van der Waals surface area contributed by atoms with Crippen molar-refractivity contribution < 1.29 is 9.72 Å². The Balaban J connectivity index is 3.06. The molecule has 5 heteroatoms. The van der Waals surface area contributed by atoms with Crippen molar-refractivity contribution in [1.29, 1.82) is 0 Å². The Morgan fingerprint density at radius 3 is 2.53 bits per heavy atom. The Morgan fingerprint density at radius 1 is 1.42 bits per heavy atom. The number of Topliss-reactive ketones (excluding diaryl/α,β-unsaturated/α-hetero) is 1. The van der Waals surface area contributed by atoms with Gasteiger partial charge in [0.2, 0.25) is 0 Å². The van der Waals surface area contributed by atoms with Crippen molar-refractivity contribution in [3.8, 4) is 0 Å². The van der Waals surface area contributed by atoms with Crippen LogP contribution in [0.25, 0.3) is 0 Å². The normalized spacial score (nSPS) is 10.6. The molecule has 0 radical (unpaired) electrons. The molecule has 0 heterocycles. The highest BCUT2D eigenvalue weighted by Gasteiger charge is 2.19. The molecule has 0 spiro atoms. The number of benzene rings is 1. The lowest BCUT2D eigenvalue weighted by molar-refractivity contribution is -0.384. The van der Waals surface area contributed by atoms with Crippen LogP contribution in [0.4, 0.5) is 11.4 Å². The lowest BCUT2D eigenvalue weighted by atomic mass is 10.1. The molecule has 0 saturated heterocycles. The van der Waals surface area contributed by atoms with Gasteiger partial charge in [0, 0.05) is 25.2 Å². The molecule has 0 unspecified atom stereocenters. The topological polar surface area (TPSA) is 63.5 Å². The molecule has 104 valence electrons. The standard InChI is InChI=1S/C14H20N2O3/c1-10(2)7-8-15(4)13-6-5-12(11(3)17)9-14(13)16(18)19/h5-6,9-10H,7-8H2,1-4H3. The van der Waals surface area contributed by atoms with E-state index in [1.807, 2.05) is 11.9 Å². The van der Waals surface area contributed by atoms with Crippen LogP contribution in [0.1, 0.15) is 37.6 Å². The summed E-state index contributed by atoms with van der Waals surface area (Å²) < 4.78 is 0. The van der Waals surface area contributed by atoms with E-state index in [1.165, 1.54) is 13.0 Å². The Kier molecular flexibility index (Phi) is 5.03. The molecule has 0 saturated carbocycles. The Labute approximate surface area is 113 Å². The van der Waals surface area contributed by atoms with Crippen molar-refractivity contribution in [2.75, 3.05) is 18.5 Å². The maximum Gasteiger partial charge on any atom is 0.293 e. The maximum atomic E-state index is 11.3. The second kappa shape index (κ2) is 6.31. The molecule has 0 aliphatic heterocycles. The molecule has 0 aromatic heterocycles. The lowest BCUT2D eigenvalue weighted by Crippen LogP contribution is -2.21. The average molecular weight is 264 g/mol. The highest BCUT2D eigenvalue weighted by atomic mass is 16.6. The van der Waals surface area contributed by atoms with Gasteiger partial charge in [0.25, 0.3) is 5.69 Å². The monoisotopic (exact) mass is 264 g/mol. The molecule has 0 atom stereocenters. The van der Waals surface area contributed by atoms with Crippen molar-refractivity contribution in [3.63, 3.8) is 0 Å². The molecule has 0 bridgehead atoms. The Morgan fingerprint density at radius 2 is 2.05 bits per heavy atom. The average Bonchev–Trinajstić information content (AvgIpc) is 2.34. The van der Waals surface area contributed by atoms with E-state index in [9.17, 15) is 14.9 Å². The third kappa shape index (κ3) is 4.05. The number of nitrogens with zero attached hydrogens (tertiary/aromatic N) is 2. The van der Waals surface area contributed by atoms with Gasteiger partial charge in [0.1, 0.15) is 5.69 Å². The van der Waals surface area contributed by atoms with E-state index >= 15 is 0 Å². The first-order valence-electron chi connectivity index (χ1n) is 6.33. The van der Waals surface area contributed by atoms with E-state index in [0.29, 0.717) is 17.2 Å². The Hall–Kier alpha value is -1.91. The number of carbonyl (C=O) groups excluding carboxylic acids is 1. The molecule has 0 amide bonds. The fraction of sp³-hybridized carbons (Fsp3) is 0.500. The van der Waals surface area contributed by atoms with Crippen molar-refractivity contribution in [2.45, 2.75) is 27.2 Å². The van der Waals surface area contributed by atoms with Gasteiger partial charge in [-0.3, -0.25) is 14.9 Å². The predicted molar refractivity (Wildman–Crippen MR) is 75.8 cm³/mol. The van der Waals surface area contributed by atoms with Crippen molar-refractivity contribution in [1.82, 2.24) is 0 Å². The maximum absolute atomic E-state index is 11.3. The van der Waals surface area contributed by atoms with Crippen molar-refractivity contribution >= 4 is 17.2 Å².